The summed E-state index contributed by atoms with van der Waals surface area (Å²) < 4.78 is 28.4. The quantitative estimate of drug-likeness (QED) is 0.537. The molecule has 0 saturated carbocycles. The fraction of sp³-hybridized carbons (Fsp3) is 0. The van der Waals surface area contributed by atoms with E-state index in [0.717, 1.165) is 18.2 Å². The van der Waals surface area contributed by atoms with Crippen LogP contribution in [0.2, 0.25) is 0 Å². The molecule has 2 heterocycles. The van der Waals surface area contributed by atoms with Crippen molar-refractivity contribution >= 4 is 34.4 Å². The van der Waals surface area contributed by atoms with Crippen LogP contribution in [-0.4, -0.2) is 30.7 Å². The molecule has 0 unspecified atom stereocenters. The summed E-state index contributed by atoms with van der Waals surface area (Å²) >= 11 is 0. The zero-order valence-corrected chi connectivity index (χ0v) is 11.9. The number of halogens is 2. The second kappa shape index (κ2) is 5.01. The van der Waals surface area contributed by atoms with E-state index < -0.39 is 17.6 Å². The Labute approximate surface area is 132 Å². The molecule has 24 heavy (non-hydrogen) atoms. The summed E-state index contributed by atoms with van der Waals surface area (Å²) in [7, 11) is 0. The maximum Gasteiger partial charge on any atom is 0.335 e. The number of benzene rings is 2. The molecule has 2 aromatic heterocycles. The first kappa shape index (κ1) is 14.1. The number of carbonyl (C=O) groups is 1. The summed E-state index contributed by atoms with van der Waals surface area (Å²) in [6.07, 6.45) is 0. The van der Waals surface area contributed by atoms with E-state index in [1.54, 1.807) is 6.07 Å². The lowest BCUT2D eigenvalue weighted by molar-refractivity contribution is 0.0697. The molecule has 0 aliphatic carbocycles. The van der Waals surface area contributed by atoms with E-state index in [1.165, 1.54) is 16.6 Å². The molecule has 3 N–H and O–H groups in total. The number of fused-ring (bicyclic) bond motifs is 3. The molecule has 120 valence electrons. The molecule has 4 rings (SSSR count). The van der Waals surface area contributed by atoms with E-state index in [0.29, 0.717) is 11.0 Å². The number of H-pyrrole nitrogens is 1. The van der Waals surface area contributed by atoms with Gasteiger partial charge in [-0.3, -0.25) is 5.10 Å². The highest BCUT2D eigenvalue weighted by Gasteiger charge is 2.13. The standard InChI is InChI=1S/C15H9F2N5O2/c16-8-2-3-9(17)10(6-8)18-14-20-15-19-11-5-7(13(23)24)1-4-12(11)22(15)21-14/h1-6H,(H,23,24)(H2,18,19,20,21). The molecular weight excluding hydrogens is 320 g/mol. The number of aromatic nitrogens is 4. The molecule has 7 nitrogen and oxygen atoms in total. The van der Waals surface area contributed by atoms with Crippen molar-refractivity contribution in [2.45, 2.75) is 0 Å². The molecule has 9 heteroatoms. The van der Waals surface area contributed by atoms with Gasteiger partial charge in [0, 0.05) is 6.07 Å². The SMILES string of the molecule is O=C(O)c1ccc2c(c1)nc1nc(Nc3cc(F)ccc3F)[nH]n12. The Hall–Kier alpha value is -3.49. The van der Waals surface area contributed by atoms with Crippen molar-refractivity contribution in [1.29, 1.82) is 0 Å². The summed E-state index contributed by atoms with van der Waals surface area (Å²) in [6, 6.07) is 7.50. The highest BCUT2D eigenvalue weighted by molar-refractivity contribution is 5.93. The number of hydrogen-bond acceptors (Lipinski definition) is 4. The normalized spacial score (nSPS) is 11.2. The van der Waals surface area contributed by atoms with Crippen LogP contribution in [0.3, 0.4) is 0 Å². The van der Waals surface area contributed by atoms with Gasteiger partial charge in [-0.05, 0) is 30.3 Å². The highest BCUT2D eigenvalue weighted by atomic mass is 19.1. The molecule has 0 fully saturated rings. The van der Waals surface area contributed by atoms with Crippen LogP contribution < -0.4 is 5.32 Å². The van der Waals surface area contributed by atoms with Crippen LogP contribution in [0.5, 0.6) is 0 Å². The summed E-state index contributed by atoms with van der Waals surface area (Å²) in [5.41, 5.74) is 1.11. The molecule has 0 aliphatic heterocycles. The molecule has 2 aromatic carbocycles. The lowest BCUT2D eigenvalue weighted by Crippen LogP contribution is -1.98. The molecule has 4 aromatic rings. The van der Waals surface area contributed by atoms with Crippen LogP contribution in [0.1, 0.15) is 10.4 Å². The monoisotopic (exact) mass is 329 g/mol. The fourth-order valence-electron chi connectivity index (χ4n) is 2.39. The predicted octanol–water partition coefficient (Wildman–Crippen LogP) is 2.93. The van der Waals surface area contributed by atoms with Gasteiger partial charge in [-0.1, -0.05) is 0 Å². The number of carboxylic acids is 1. The molecule has 0 saturated heterocycles. The van der Waals surface area contributed by atoms with E-state index in [2.05, 4.69) is 20.4 Å². The van der Waals surface area contributed by atoms with Crippen molar-refractivity contribution in [2.24, 2.45) is 0 Å². The van der Waals surface area contributed by atoms with Crippen molar-refractivity contribution in [2.75, 3.05) is 5.32 Å². The Morgan fingerprint density at radius 2 is 2.00 bits per heavy atom. The summed E-state index contributed by atoms with van der Waals surface area (Å²) in [6.45, 7) is 0. The zero-order valence-electron chi connectivity index (χ0n) is 11.9. The van der Waals surface area contributed by atoms with Crippen molar-refractivity contribution in [3.05, 3.63) is 53.6 Å². The largest absolute Gasteiger partial charge is 0.478 e. The predicted molar refractivity (Wildman–Crippen MR) is 81.4 cm³/mol. The molecular formula is C15H9F2N5O2. The second-order valence-corrected chi connectivity index (χ2v) is 5.08. The molecule has 0 radical (unpaired) electrons. The number of nitrogens with one attached hydrogen (secondary N) is 2. The summed E-state index contributed by atoms with van der Waals surface area (Å²) in [5, 5.41) is 14.5. The van der Waals surface area contributed by atoms with Crippen LogP contribution in [-0.2, 0) is 0 Å². The number of hydrogen-bond donors (Lipinski definition) is 3. The number of aromatic amines is 1. The summed E-state index contributed by atoms with van der Waals surface area (Å²) in [4.78, 5) is 19.3. The topological polar surface area (TPSA) is 95.3 Å². The minimum atomic E-state index is -1.05. The van der Waals surface area contributed by atoms with Crippen LogP contribution in [0.4, 0.5) is 20.4 Å². The zero-order chi connectivity index (χ0) is 16.8. The first-order valence-electron chi connectivity index (χ1n) is 6.85. The Morgan fingerprint density at radius 3 is 2.79 bits per heavy atom. The number of carboxylic acid groups (broad SMARTS) is 1. The van der Waals surface area contributed by atoms with Crippen LogP contribution in [0, 0.1) is 11.6 Å². The number of aromatic carboxylic acids is 1. The smallest absolute Gasteiger partial charge is 0.335 e. The maximum atomic E-state index is 13.7. The van der Waals surface area contributed by atoms with Crippen molar-refractivity contribution in [3.8, 4) is 0 Å². The molecule has 0 bridgehead atoms. The van der Waals surface area contributed by atoms with Gasteiger partial charge in [-0.2, -0.15) is 4.98 Å². The minimum absolute atomic E-state index is 0.0653. The van der Waals surface area contributed by atoms with E-state index in [4.69, 9.17) is 5.11 Å². The average Bonchev–Trinajstić information content (AvgIpc) is 3.07. The third-order valence-corrected chi connectivity index (χ3v) is 3.49. The van der Waals surface area contributed by atoms with Gasteiger partial charge in [0.25, 0.3) is 5.78 Å². The van der Waals surface area contributed by atoms with Gasteiger partial charge in [-0.15, -0.1) is 0 Å². The van der Waals surface area contributed by atoms with Crippen LogP contribution in [0.25, 0.3) is 16.8 Å². The van der Waals surface area contributed by atoms with E-state index in [1.807, 2.05) is 0 Å². The van der Waals surface area contributed by atoms with E-state index in [-0.39, 0.29) is 23.0 Å². The van der Waals surface area contributed by atoms with Gasteiger partial charge >= 0.3 is 5.97 Å². The number of nitrogens with zero attached hydrogens (tertiary/aromatic N) is 3. The number of imidazole rings is 1. The van der Waals surface area contributed by atoms with Crippen molar-refractivity contribution in [1.82, 2.24) is 19.6 Å². The third-order valence-electron chi connectivity index (χ3n) is 3.49. The lowest BCUT2D eigenvalue weighted by Gasteiger charge is -2.03. The minimum Gasteiger partial charge on any atom is -0.478 e. The first-order chi connectivity index (χ1) is 11.5. The van der Waals surface area contributed by atoms with Gasteiger partial charge in [0.2, 0.25) is 5.95 Å². The van der Waals surface area contributed by atoms with E-state index in [9.17, 15) is 13.6 Å². The second-order valence-electron chi connectivity index (χ2n) is 5.08. The van der Waals surface area contributed by atoms with Crippen LogP contribution in [0.15, 0.2) is 36.4 Å². The molecule has 0 aliphatic rings. The average molecular weight is 329 g/mol. The van der Waals surface area contributed by atoms with Gasteiger partial charge < -0.3 is 10.4 Å². The molecule has 0 spiro atoms. The summed E-state index contributed by atoms with van der Waals surface area (Å²) in [5.74, 6) is -1.81. The van der Waals surface area contributed by atoms with Crippen molar-refractivity contribution in [3.63, 3.8) is 0 Å². The molecule has 0 atom stereocenters. The van der Waals surface area contributed by atoms with Gasteiger partial charge in [0.15, 0.2) is 0 Å². The van der Waals surface area contributed by atoms with Gasteiger partial charge in [0.1, 0.15) is 11.6 Å². The molecule has 0 amide bonds. The van der Waals surface area contributed by atoms with E-state index >= 15 is 0 Å². The Bertz CT molecular complexity index is 1100. The fourth-order valence-corrected chi connectivity index (χ4v) is 2.39. The Morgan fingerprint density at radius 1 is 1.17 bits per heavy atom. The van der Waals surface area contributed by atoms with Crippen molar-refractivity contribution < 1.29 is 18.7 Å². The number of rotatable bonds is 3. The van der Waals surface area contributed by atoms with Gasteiger partial charge in [0.05, 0.1) is 22.3 Å². The highest BCUT2D eigenvalue weighted by Crippen LogP contribution is 2.22. The Balaban J connectivity index is 1.76. The third kappa shape index (κ3) is 2.22. The Kier molecular flexibility index (Phi) is 2.95. The maximum absolute atomic E-state index is 13.7. The first-order valence-corrected chi connectivity index (χ1v) is 6.85. The van der Waals surface area contributed by atoms with Gasteiger partial charge in [-0.25, -0.2) is 23.1 Å². The lowest BCUT2D eigenvalue weighted by atomic mass is 10.2. The number of anilines is 2. The van der Waals surface area contributed by atoms with Crippen LogP contribution >= 0.6 is 0 Å².